The second-order valence-electron chi connectivity index (χ2n) is 10.1. The normalized spacial score (nSPS) is 18.3. The Morgan fingerprint density at radius 2 is 1.64 bits per heavy atom. The lowest BCUT2D eigenvalue weighted by Crippen LogP contribution is -2.43. The van der Waals surface area contributed by atoms with E-state index in [4.69, 9.17) is 19.6 Å². The predicted molar refractivity (Wildman–Crippen MR) is 149 cm³/mol. The lowest BCUT2D eigenvalue weighted by atomic mass is 10.2. The molecule has 2 amide bonds. The summed E-state index contributed by atoms with van der Waals surface area (Å²) in [5, 5.41) is 18.7. The van der Waals surface area contributed by atoms with Crippen molar-refractivity contribution in [3.63, 3.8) is 0 Å². The third-order valence-corrected chi connectivity index (χ3v) is 7.02. The number of carbonyl (C=O) groups excluding carboxylic acids is 1. The lowest BCUT2D eigenvalue weighted by molar-refractivity contribution is -0.141. The van der Waals surface area contributed by atoms with Crippen LogP contribution in [-0.4, -0.2) is 75.6 Å². The second kappa shape index (κ2) is 11.4. The van der Waals surface area contributed by atoms with Gasteiger partial charge in [0.2, 0.25) is 0 Å². The first kappa shape index (κ1) is 27.7. The molecular formula is C28H28F3N7O4. The zero-order chi connectivity index (χ0) is 29.3. The Morgan fingerprint density at radius 1 is 1.00 bits per heavy atom. The molecule has 2 unspecified atom stereocenters. The van der Waals surface area contributed by atoms with Crippen molar-refractivity contribution in [1.29, 1.82) is 0 Å². The minimum absolute atomic E-state index is 0.0523. The molecule has 220 valence electrons. The zero-order valence-corrected chi connectivity index (χ0v) is 22.3. The molecule has 0 radical (unpaired) electrons. The number of halogens is 3. The van der Waals surface area contributed by atoms with Crippen LogP contribution in [0.15, 0.2) is 54.7 Å². The SMILES string of the molecule is O=C(Nc1ccc(OCCO)cc1)Nc1ccc(-c2nc(N3CC4CCC(C3)O4)c3cnn(CC(F)(F)F)c3n2)cc1. The van der Waals surface area contributed by atoms with Gasteiger partial charge in [0.1, 0.15) is 24.7 Å². The van der Waals surface area contributed by atoms with Crippen molar-refractivity contribution in [2.75, 3.05) is 41.8 Å². The monoisotopic (exact) mass is 583 g/mol. The largest absolute Gasteiger partial charge is 0.491 e. The number of rotatable bonds is 8. The van der Waals surface area contributed by atoms with Gasteiger partial charge in [-0.25, -0.2) is 19.4 Å². The van der Waals surface area contributed by atoms with Crippen LogP contribution < -0.4 is 20.3 Å². The van der Waals surface area contributed by atoms with Crippen LogP contribution in [0.3, 0.4) is 0 Å². The minimum Gasteiger partial charge on any atom is -0.491 e. The maximum atomic E-state index is 13.3. The molecule has 2 bridgehead atoms. The number of amides is 2. The van der Waals surface area contributed by atoms with Crippen molar-refractivity contribution in [3.05, 3.63) is 54.7 Å². The standard InChI is InChI=1S/C28H28F3N7O4/c29-28(30,31)16-38-26-23(13-32-38)25(37-14-21-9-10-22(15-37)42-21)35-24(36-26)17-1-3-18(4-2-17)33-27(40)34-19-5-7-20(8-6-19)41-12-11-39/h1-8,13,21-22,39H,9-12,14-16H2,(H2,33,34,40). The van der Waals surface area contributed by atoms with Crippen LogP contribution >= 0.6 is 0 Å². The van der Waals surface area contributed by atoms with Gasteiger partial charge in [0, 0.05) is 30.0 Å². The van der Waals surface area contributed by atoms with Crippen LogP contribution in [0.2, 0.25) is 0 Å². The minimum atomic E-state index is -4.47. The number of nitrogens with zero attached hydrogens (tertiary/aromatic N) is 5. The van der Waals surface area contributed by atoms with E-state index in [1.165, 1.54) is 6.20 Å². The summed E-state index contributed by atoms with van der Waals surface area (Å²) in [5.41, 5.74) is 1.70. The molecule has 0 aliphatic carbocycles. The van der Waals surface area contributed by atoms with Gasteiger partial charge in [-0.15, -0.1) is 0 Å². The third-order valence-electron chi connectivity index (χ3n) is 7.02. The Labute approximate surface area is 238 Å². The van der Waals surface area contributed by atoms with Crippen LogP contribution in [0.4, 0.5) is 35.2 Å². The molecule has 42 heavy (non-hydrogen) atoms. The Balaban J connectivity index is 1.22. The maximum Gasteiger partial charge on any atom is 0.408 e. The number of aliphatic hydroxyl groups is 1. The van der Waals surface area contributed by atoms with Gasteiger partial charge < -0.3 is 30.1 Å². The van der Waals surface area contributed by atoms with Crippen molar-refractivity contribution in [3.8, 4) is 17.1 Å². The number of benzene rings is 2. The van der Waals surface area contributed by atoms with Gasteiger partial charge in [-0.05, 0) is 61.4 Å². The fourth-order valence-electron chi connectivity index (χ4n) is 5.18. The third kappa shape index (κ3) is 6.24. The molecule has 2 aliphatic rings. The predicted octanol–water partition coefficient (Wildman–Crippen LogP) is 4.44. The number of hydrogen-bond donors (Lipinski definition) is 3. The molecule has 0 saturated carbocycles. The van der Waals surface area contributed by atoms with E-state index in [2.05, 4.69) is 20.7 Å². The van der Waals surface area contributed by atoms with Gasteiger partial charge in [0.05, 0.1) is 30.4 Å². The van der Waals surface area contributed by atoms with E-state index in [9.17, 15) is 18.0 Å². The number of aliphatic hydroxyl groups excluding tert-OH is 1. The fraction of sp³-hybridized carbons (Fsp3) is 0.357. The van der Waals surface area contributed by atoms with Crippen LogP contribution in [0, 0.1) is 0 Å². The van der Waals surface area contributed by atoms with Crippen molar-refractivity contribution >= 4 is 34.3 Å². The van der Waals surface area contributed by atoms with Crippen molar-refractivity contribution in [1.82, 2.24) is 19.7 Å². The zero-order valence-electron chi connectivity index (χ0n) is 22.3. The van der Waals surface area contributed by atoms with E-state index < -0.39 is 18.8 Å². The molecule has 2 atom stereocenters. The molecule has 2 aromatic heterocycles. The van der Waals surface area contributed by atoms with Crippen LogP contribution in [-0.2, 0) is 11.3 Å². The average molecular weight is 584 g/mol. The molecule has 4 heterocycles. The lowest BCUT2D eigenvalue weighted by Gasteiger charge is -2.33. The van der Waals surface area contributed by atoms with Crippen molar-refractivity contribution in [2.45, 2.75) is 37.8 Å². The average Bonchev–Trinajstić information content (AvgIpc) is 3.52. The van der Waals surface area contributed by atoms with Gasteiger partial charge in [-0.3, -0.25) is 0 Å². The molecule has 3 N–H and O–H groups in total. The molecule has 6 rings (SSSR count). The first-order valence-electron chi connectivity index (χ1n) is 13.5. The number of hydrogen-bond acceptors (Lipinski definition) is 8. The Hall–Kier alpha value is -4.43. The number of ether oxygens (including phenoxy) is 2. The molecule has 2 fully saturated rings. The number of carbonyl (C=O) groups is 1. The molecule has 0 spiro atoms. The molecule has 14 heteroatoms. The Bertz CT molecular complexity index is 1550. The molecule has 2 aromatic carbocycles. The summed E-state index contributed by atoms with van der Waals surface area (Å²) in [7, 11) is 0. The number of aromatic nitrogens is 4. The van der Waals surface area contributed by atoms with Gasteiger partial charge in [-0.2, -0.15) is 18.3 Å². The highest BCUT2D eigenvalue weighted by Gasteiger charge is 2.36. The summed E-state index contributed by atoms with van der Waals surface area (Å²) < 4.78 is 52.0. The van der Waals surface area contributed by atoms with E-state index in [0.29, 0.717) is 47.0 Å². The molecule has 2 saturated heterocycles. The number of morpholine rings is 1. The van der Waals surface area contributed by atoms with E-state index >= 15 is 0 Å². The number of alkyl halides is 3. The topological polar surface area (TPSA) is 127 Å². The van der Waals surface area contributed by atoms with E-state index in [1.807, 2.05) is 4.90 Å². The van der Waals surface area contributed by atoms with Crippen LogP contribution in [0.1, 0.15) is 12.8 Å². The number of urea groups is 1. The Kier molecular flexibility index (Phi) is 7.56. The quantitative estimate of drug-likeness (QED) is 0.278. The summed E-state index contributed by atoms with van der Waals surface area (Å²) >= 11 is 0. The highest BCUT2D eigenvalue weighted by molar-refractivity contribution is 6.00. The molecule has 2 aliphatic heterocycles. The first-order valence-corrected chi connectivity index (χ1v) is 13.5. The van der Waals surface area contributed by atoms with Crippen molar-refractivity contribution < 1.29 is 32.5 Å². The van der Waals surface area contributed by atoms with Crippen LogP contribution in [0.5, 0.6) is 5.75 Å². The fourth-order valence-corrected chi connectivity index (χ4v) is 5.18. The maximum absolute atomic E-state index is 13.3. The second-order valence-corrected chi connectivity index (χ2v) is 10.1. The van der Waals surface area contributed by atoms with Crippen LogP contribution in [0.25, 0.3) is 22.4 Å². The van der Waals surface area contributed by atoms with Crippen molar-refractivity contribution in [2.24, 2.45) is 0 Å². The highest BCUT2D eigenvalue weighted by Crippen LogP contribution is 2.34. The highest BCUT2D eigenvalue weighted by atomic mass is 19.4. The summed E-state index contributed by atoms with van der Waals surface area (Å²) in [6.07, 6.45) is -1.11. The van der Waals surface area contributed by atoms with Gasteiger partial charge >= 0.3 is 12.2 Å². The number of anilines is 3. The van der Waals surface area contributed by atoms with Gasteiger partial charge in [0.25, 0.3) is 0 Å². The molecule has 4 aromatic rings. The van der Waals surface area contributed by atoms with E-state index in [-0.39, 0.29) is 36.9 Å². The molecular weight excluding hydrogens is 555 g/mol. The summed E-state index contributed by atoms with van der Waals surface area (Å²) in [4.78, 5) is 23.8. The molecule has 11 nitrogen and oxygen atoms in total. The van der Waals surface area contributed by atoms with Gasteiger partial charge in [0.15, 0.2) is 11.5 Å². The number of fused-ring (bicyclic) bond motifs is 3. The van der Waals surface area contributed by atoms with E-state index in [1.54, 1.807) is 48.5 Å². The summed E-state index contributed by atoms with van der Waals surface area (Å²) in [5.74, 6) is 1.34. The Morgan fingerprint density at radius 3 is 2.26 bits per heavy atom. The van der Waals surface area contributed by atoms with E-state index in [0.717, 1.165) is 17.5 Å². The smallest absolute Gasteiger partial charge is 0.408 e. The first-order chi connectivity index (χ1) is 20.2. The summed E-state index contributed by atoms with van der Waals surface area (Å²) in [6.45, 7) is -0.0156. The summed E-state index contributed by atoms with van der Waals surface area (Å²) in [6, 6.07) is 12.9. The number of nitrogens with one attached hydrogen (secondary N) is 2. The van der Waals surface area contributed by atoms with Gasteiger partial charge in [-0.1, -0.05) is 0 Å².